The largest absolute Gasteiger partial charge is 0.348 e. The lowest BCUT2D eigenvalue weighted by Crippen LogP contribution is -2.72. The molecule has 3 heterocycles. The Morgan fingerprint density at radius 2 is 2.10 bits per heavy atom. The number of benzene rings is 1. The number of likely N-dealkylation sites (tertiary alicyclic amines) is 1. The minimum atomic E-state index is -0.289. The summed E-state index contributed by atoms with van der Waals surface area (Å²) in [6, 6.07) is 8.19. The minimum Gasteiger partial charge on any atom is -0.348 e. The summed E-state index contributed by atoms with van der Waals surface area (Å²) in [5, 5.41) is 17.2. The van der Waals surface area contributed by atoms with Gasteiger partial charge in [0.25, 0.3) is 0 Å². The maximum Gasteiger partial charge on any atom is 0.246 e. The van der Waals surface area contributed by atoms with Crippen LogP contribution in [0.1, 0.15) is 62.5 Å². The number of halogens is 1. The lowest BCUT2D eigenvalue weighted by Gasteiger charge is -2.56. The Bertz CT molecular complexity index is 1170. The van der Waals surface area contributed by atoms with Crippen molar-refractivity contribution in [2.45, 2.75) is 93.8 Å². The molecule has 1 aromatic rings. The summed E-state index contributed by atoms with van der Waals surface area (Å²) >= 11 is 0. The molecule has 1 amide bonds. The van der Waals surface area contributed by atoms with Crippen molar-refractivity contribution >= 4 is 5.91 Å². The fourth-order valence-corrected chi connectivity index (χ4v) is 8.57. The van der Waals surface area contributed by atoms with Gasteiger partial charge < -0.3 is 14.5 Å². The summed E-state index contributed by atoms with van der Waals surface area (Å²) in [6.45, 7) is 7.41. The zero-order valence-corrected chi connectivity index (χ0v) is 24.4. The van der Waals surface area contributed by atoms with Crippen LogP contribution in [-0.4, -0.2) is 91.1 Å². The van der Waals surface area contributed by atoms with Gasteiger partial charge in [-0.15, -0.1) is 0 Å². The molecule has 4 unspecified atom stereocenters. The maximum absolute atomic E-state index is 14.5. The molecule has 222 valence electrons. The number of nitrogens with one attached hydrogen (secondary N) is 2. The van der Waals surface area contributed by atoms with Gasteiger partial charge in [0.05, 0.1) is 31.3 Å². The third-order valence-corrected chi connectivity index (χ3v) is 10.7. The Kier molecular flexibility index (Phi) is 8.49. The second-order valence-corrected chi connectivity index (χ2v) is 13.0. The number of ether oxygens (including phenoxy) is 1. The van der Waals surface area contributed by atoms with Crippen LogP contribution in [0.5, 0.6) is 0 Å². The average molecular weight is 565 g/mol. The highest BCUT2D eigenvalue weighted by atomic mass is 19.1. The molecule has 1 spiro atoms. The third kappa shape index (κ3) is 5.70. The molecule has 9 heteroatoms. The molecule has 5 aliphatic rings. The number of fused-ring (bicyclic) bond motifs is 3. The summed E-state index contributed by atoms with van der Waals surface area (Å²) in [5.41, 5.74) is 2.51. The maximum atomic E-state index is 14.5. The highest BCUT2D eigenvalue weighted by molar-refractivity contribution is 5.87. The molecule has 1 aromatic carbocycles. The van der Waals surface area contributed by atoms with Crippen molar-refractivity contribution in [1.29, 1.82) is 5.26 Å². The van der Waals surface area contributed by atoms with Gasteiger partial charge in [-0.05, 0) is 99.7 Å². The molecule has 1 saturated carbocycles. The molecule has 0 aromatic heterocycles. The van der Waals surface area contributed by atoms with Crippen LogP contribution in [0.4, 0.5) is 4.39 Å². The van der Waals surface area contributed by atoms with Crippen molar-refractivity contribution in [2.75, 3.05) is 39.8 Å². The van der Waals surface area contributed by atoms with Gasteiger partial charge in [-0.1, -0.05) is 12.6 Å². The van der Waals surface area contributed by atoms with Gasteiger partial charge >= 0.3 is 0 Å². The summed E-state index contributed by atoms with van der Waals surface area (Å²) in [5.74, 6) is 0.101. The number of nitrogens with zero attached hydrogens (tertiary/aromatic N) is 4. The highest BCUT2D eigenvalue weighted by Gasteiger charge is 2.50. The summed E-state index contributed by atoms with van der Waals surface area (Å²) in [7, 11) is 2.17. The molecule has 2 aliphatic carbocycles. The number of piperazine rings is 1. The van der Waals surface area contributed by atoms with Crippen LogP contribution in [0.25, 0.3) is 0 Å². The topological polar surface area (TPSA) is 83.9 Å². The molecule has 41 heavy (non-hydrogen) atoms. The van der Waals surface area contributed by atoms with Crippen molar-refractivity contribution in [3.63, 3.8) is 0 Å². The molecule has 3 saturated heterocycles. The third-order valence-electron chi connectivity index (χ3n) is 10.7. The fourth-order valence-electron chi connectivity index (χ4n) is 8.57. The van der Waals surface area contributed by atoms with Crippen molar-refractivity contribution in [2.24, 2.45) is 5.92 Å². The molecule has 4 fully saturated rings. The summed E-state index contributed by atoms with van der Waals surface area (Å²) < 4.78 is 21.1. The van der Waals surface area contributed by atoms with Gasteiger partial charge in [-0.2, -0.15) is 5.26 Å². The van der Waals surface area contributed by atoms with Gasteiger partial charge in [-0.3, -0.25) is 20.3 Å². The number of nitriles is 1. The molecular formula is C32H45FN6O2. The van der Waals surface area contributed by atoms with E-state index in [1.807, 2.05) is 6.07 Å². The van der Waals surface area contributed by atoms with E-state index >= 15 is 0 Å². The van der Waals surface area contributed by atoms with Crippen LogP contribution in [0.3, 0.4) is 0 Å². The van der Waals surface area contributed by atoms with E-state index in [0.29, 0.717) is 38.1 Å². The van der Waals surface area contributed by atoms with Crippen molar-refractivity contribution in [3.8, 4) is 6.07 Å². The van der Waals surface area contributed by atoms with Crippen LogP contribution in [0.15, 0.2) is 30.9 Å². The number of likely N-dealkylation sites (N-methyl/N-ethyl adjacent to an activating group) is 1. The van der Waals surface area contributed by atoms with Gasteiger partial charge in [0, 0.05) is 37.6 Å². The molecule has 2 N–H and O–H groups in total. The van der Waals surface area contributed by atoms with E-state index in [1.165, 1.54) is 23.6 Å². The predicted octanol–water partition coefficient (Wildman–Crippen LogP) is 3.09. The zero-order valence-electron chi connectivity index (χ0n) is 24.4. The summed E-state index contributed by atoms with van der Waals surface area (Å²) in [6.07, 6.45) is 10.1. The quantitative estimate of drug-likeness (QED) is 0.514. The molecular weight excluding hydrogens is 519 g/mol. The second-order valence-electron chi connectivity index (χ2n) is 13.0. The smallest absolute Gasteiger partial charge is 0.246 e. The van der Waals surface area contributed by atoms with E-state index in [0.717, 1.165) is 58.0 Å². The number of rotatable bonds is 6. The monoisotopic (exact) mass is 564 g/mol. The van der Waals surface area contributed by atoms with Gasteiger partial charge in [0.15, 0.2) is 6.35 Å². The minimum absolute atomic E-state index is 0.0135. The van der Waals surface area contributed by atoms with Gasteiger partial charge in [-0.25, -0.2) is 4.39 Å². The molecule has 6 rings (SSSR count). The van der Waals surface area contributed by atoms with Crippen molar-refractivity contribution in [3.05, 3.63) is 47.8 Å². The number of hydrogen-bond acceptors (Lipinski definition) is 7. The number of aryl methyl sites for hydroxylation is 1. The van der Waals surface area contributed by atoms with Crippen LogP contribution in [-0.2, 0) is 21.4 Å². The predicted molar refractivity (Wildman–Crippen MR) is 155 cm³/mol. The van der Waals surface area contributed by atoms with E-state index in [-0.39, 0.29) is 41.7 Å². The Morgan fingerprint density at radius 1 is 1.22 bits per heavy atom. The SMILES string of the molecule is C=CC(=O)N1CCN(C2NC(OC[C@H]3CCCN3C)NC3C[C@@]4(CCCc5ccc(F)cc54)CCC32)C[C@H]1CC#N. The van der Waals surface area contributed by atoms with E-state index in [4.69, 9.17) is 4.74 Å². The van der Waals surface area contributed by atoms with E-state index in [2.05, 4.69) is 40.1 Å². The van der Waals surface area contributed by atoms with Crippen LogP contribution >= 0.6 is 0 Å². The first kappa shape index (κ1) is 28.8. The van der Waals surface area contributed by atoms with Crippen molar-refractivity contribution in [1.82, 2.24) is 25.3 Å². The van der Waals surface area contributed by atoms with E-state index in [9.17, 15) is 14.4 Å². The normalized spacial score (nSPS) is 36.0. The van der Waals surface area contributed by atoms with Crippen LogP contribution in [0, 0.1) is 23.1 Å². The Morgan fingerprint density at radius 3 is 2.88 bits per heavy atom. The first-order chi connectivity index (χ1) is 19.9. The lowest BCUT2D eigenvalue weighted by atomic mass is 9.58. The highest BCUT2D eigenvalue weighted by Crippen LogP contribution is 2.50. The first-order valence-corrected chi connectivity index (χ1v) is 15.6. The van der Waals surface area contributed by atoms with E-state index < -0.39 is 0 Å². The number of hydrogen-bond donors (Lipinski definition) is 2. The standard InChI is InChI=1S/C32H45FN6O2/c1-3-29(40)39-17-16-38(20-24(39)11-14-34)30-26-10-13-32(12-4-6-22-8-9-23(33)18-27(22)32)19-28(26)35-31(36-30)41-21-25-7-5-15-37(25)2/h3,8-9,18,24-26,28,30-31,35-36H,1,4-7,10-13,15-17,19-21H2,2H3/t24-,25-,26?,28?,30?,31?,32-/m1/s1. The molecule has 8 nitrogen and oxygen atoms in total. The molecule has 0 radical (unpaired) electrons. The molecule has 7 atom stereocenters. The molecule has 0 bridgehead atoms. The fraction of sp³-hybridized carbons (Fsp3) is 0.688. The Balaban J connectivity index is 1.25. The molecule has 3 aliphatic heterocycles. The number of carbonyl (C=O) groups excluding carboxylic acids is 1. The van der Waals surface area contributed by atoms with Crippen LogP contribution < -0.4 is 10.6 Å². The lowest BCUT2D eigenvalue weighted by molar-refractivity contribution is -0.136. The van der Waals surface area contributed by atoms with Crippen LogP contribution in [0.2, 0.25) is 0 Å². The summed E-state index contributed by atoms with van der Waals surface area (Å²) in [4.78, 5) is 19.2. The first-order valence-electron chi connectivity index (χ1n) is 15.6. The van der Waals surface area contributed by atoms with Gasteiger partial charge in [0.2, 0.25) is 5.91 Å². The second kappa shape index (κ2) is 12.1. The average Bonchev–Trinajstić information content (AvgIpc) is 3.40. The Hall–Kier alpha value is -2.35. The van der Waals surface area contributed by atoms with E-state index in [1.54, 1.807) is 17.0 Å². The zero-order chi connectivity index (χ0) is 28.6. The number of amides is 1. The van der Waals surface area contributed by atoms with Gasteiger partial charge in [0.1, 0.15) is 5.82 Å². The van der Waals surface area contributed by atoms with Crippen molar-refractivity contribution < 1.29 is 13.9 Å². The Labute approximate surface area is 243 Å². The number of carbonyl (C=O) groups is 1.